The van der Waals surface area contributed by atoms with Crippen molar-refractivity contribution in [1.29, 1.82) is 0 Å². The van der Waals surface area contributed by atoms with Gasteiger partial charge in [0.05, 0.1) is 0 Å². The number of hydrogen-bond donors (Lipinski definition) is 2. The maximum atomic E-state index is 11.5. The normalized spacial score (nSPS) is 10.2. The van der Waals surface area contributed by atoms with Gasteiger partial charge in [-0.15, -0.1) is 0 Å². The van der Waals surface area contributed by atoms with Crippen molar-refractivity contribution >= 4 is 27.7 Å². The first-order valence-electron chi connectivity index (χ1n) is 5.95. The van der Waals surface area contributed by atoms with Crippen molar-refractivity contribution < 1.29 is 9.59 Å². The molecule has 0 saturated heterocycles. The minimum Gasteiger partial charge on any atom is -0.366 e. The Balaban J connectivity index is 2.50. The second-order valence-electron chi connectivity index (χ2n) is 4.36. The number of nitrogens with two attached hydrogens (primary N) is 2. The summed E-state index contributed by atoms with van der Waals surface area (Å²) >= 11 is 3.36. The van der Waals surface area contributed by atoms with Gasteiger partial charge in [-0.05, 0) is 41.8 Å². The average molecular weight is 333 g/mol. The lowest BCUT2D eigenvalue weighted by Crippen LogP contribution is -2.20. The van der Waals surface area contributed by atoms with Crippen molar-refractivity contribution in [2.45, 2.75) is 6.42 Å². The number of amides is 2. The molecule has 0 unspecified atom stereocenters. The number of carbonyl (C=O) groups excluding carboxylic acids is 2. The van der Waals surface area contributed by atoms with Gasteiger partial charge >= 0.3 is 0 Å². The van der Waals surface area contributed by atoms with Crippen LogP contribution in [0.5, 0.6) is 0 Å². The second-order valence-corrected chi connectivity index (χ2v) is 5.28. The zero-order chi connectivity index (χ0) is 14.7. The van der Waals surface area contributed by atoms with E-state index in [-0.39, 0.29) is 0 Å². The lowest BCUT2D eigenvalue weighted by molar-refractivity contribution is 0.0999. The second kappa shape index (κ2) is 5.88. The first-order valence-corrected chi connectivity index (χ1v) is 6.74. The van der Waals surface area contributed by atoms with Crippen LogP contribution in [0.25, 0.3) is 0 Å². The van der Waals surface area contributed by atoms with E-state index in [1.165, 1.54) is 0 Å². The molecule has 102 valence electrons. The van der Waals surface area contributed by atoms with Crippen molar-refractivity contribution in [3.63, 3.8) is 0 Å². The molecule has 0 spiro atoms. The van der Waals surface area contributed by atoms with Gasteiger partial charge in [0.1, 0.15) is 0 Å². The van der Waals surface area contributed by atoms with Gasteiger partial charge in [0.2, 0.25) is 11.8 Å². The smallest absolute Gasteiger partial charge is 0.249 e. The molecule has 0 radical (unpaired) electrons. The zero-order valence-electron chi connectivity index (χ0n) is 10.6. The standard InChI is InChI=1S/C15H13BrN2O2/c16-10-6-4-9(5-7-10)8-13-11(14(17)19)2-1-3-12(13)15(18)20/h1-7H,8H2,(H2,17,19)(H2,18,20). The molecule has 2 amide bonds. The van der Waals surface area contributed by atoms with Crippen LogP contribution in [0.1, 0.15) is 31.8 Å². The van der Waals surface area contributed by atoms with Gasteiger partial charge < -0.3 is 11.5 Å². The summed E-state index contributed by atoms with van der Waals surface area (Å²) in [6.07, 6.45) is 0.421. The van der Waals surface area contributed by atoms with Gasteiger partial charge in [-0.25, -0.2) is 0 Å². The van der Waals surface area contributed by atoms with Crippen molar-refractivity contribution in [2.75, 3.05) is 0 Å². The Labute approximate surface area is 124 Å². The average Bonchev–Trinajstić information content (AvgIpc) is 2.41. The van der Waals surface area contributed by atoms with E-state index in [4.69, 9.17) is 11.5 Å². The first kappa shape index (κ1) is 14.3. The Bertz CT molecular complexity index is 634. The summed E-state index contributed by atoms with van der Waals surface area (Å²) in [5, 5.41) is 0. The predicted octanol–water partition coefficient (Wildman–Crippen LogP) is 2.24. The van der Waals surface area contributed by atoms with E-state index in [1.807, 2.05) is 24.3 Å². The van der Waals surface area contributed by atoms with Crippen LogP contribution < -0.4 is 11.5 Å². The summed E-state index contributed by atoms with van der Waals surface area (Å²) < 4.78 is 0.958. The summed E-state index contributed by atoms with van der Waals surface area (Å²) in [6.45, 7) is 0. The van der Waals surface area contributed by atoms with Crippen LogP contribution in [0.2, 0.25) is 0 Å². The first-order chi connectivity index (χ1) is 9.49. The van der Waals surface area contributed by atoms with Gasteiger partial charge in [-0.3, -0.25) is 9.59 Å². The molecule has 0 aromatic heterocycles. The predicted molar refractivity (Wildman–Crippen MR) is 80.4 cm³/mol. The molecule has 0 saturated carbocycles. The molecule has 0 aliphatic carbocycles. The molecule has 5 heteroatoms. The molecular weight excluding hydrogens is 320 g/mol. The van der Waals surface area contributed by atoms with Crippen LogP contribution in [0.3, 0.4) is 0 Å². The number of carbonyl (C=O) groups is 2. The summed E-state index contributed by atoms with van der Waals surface area (Å²) in [4.78, 5) is 23.0. The quantitative estimate of drug-likeness (QED) is 0.899. The van der Waals surface area contributed by atoms with Crippen LogP contribution in [0, 0.1) is 0 Å². The van der Waals surface area contributed by atoms with E-state index < -0.39 is 11.8 Å². The van der Waals surface area contributed by atoms with E-state index in [1.54, 1.807) is 18.2 Å². The maximum absolute atomic E-state index is 11.5. The number of rotatable bonds is 4. The van der Waals surface area contributed by atoms with Gasteiger partial charge in [-0.2, -0.15) is 0 Å². The molecule has 2 aromatic carbocycles. The number of benzene rings is 2. The zero-order valence-corrected chi connectivity index (χ0v) is 12.2. The van der Waals surface area contributed by atoms with Crippen LogP contribution in [0.15, 0.2) is 46.9 Å². The van der Waals surface area contributed by atoms with Crippen molar-refractivity contribution in [3.8, 4) is 0 Å². The van der Waals surface area contributed by atoms with Crippen molar-refractivity contribution in [1.82, 2.24) is 0 Å². The molecule has 20 heavy (non-hydrogen) atoms. The Morgan fingerprint density at radius 3 is 1.85 bits per heavy atom. The fraction of sp³-hybridized carbons (Fsp3) is 0.0667. The van der Waals surface area contributed by atoms with E-state index in [2.05, 4.69) is 15.9 Å². The maximum Gasteiger partial charge on any atom is 0.249 e. The van der Waals surface area contributed by atoms with Gasteiger partial charge in [0.25, 0.3) is 0 Å². The molecule has 2 rings (SSSR count). The fourth-order valence-corrected chi connectivity index (χ4v) is 2.31. The van der Waals surface area contributed by atoms with Crippen LogP contribution in [-0.2, 0) is 6.42 Å². The van der Waals surface area contributed by atoms with Gasteiger partial charge in [-0.1, -0.05) is 34.1 Å². The van der Waals surface area contributed by atoms with Crippen LogP contribution in [0.4, 0.5) is 0 Å². The summed E-state index contributed by atoms with van der Waals surface area (Å²) in [6, 6.07) is 12.4. The Morgan fingerprint density at radius 2 is 1.40 bits per heavy atom. The molecule has 0 aliphatic rings. The minimum absolute atomic E-state index is 0.323. The lowest BCUT2D eigenvalue weighted by Gasteiger charge is -2.11. The van der Waals surface area contributed by atoms with E-state index in [9.17, 15) is 9.59 Å². The molecular formula is C15H13BrN2O2. The van der Waals surface area contributed by atoms with Crippen molar-refractivity contribution in [3.05, 3.63) is 69.2 Å². The lowest BCUT2D eigenvalue weighted by atomic mass is 9.94. The third-order valence-corrected chi connectivity index (χ3v) is 3.53. The third kappa shape index (κ3) is 3.05. The summed E-state index contributed by atoms with van der Waals surface area (Å²) in [7, 11) is 0. The number of halogens is 1. The summed E-state index contributed by atoms with van der Waals surface area (Å²) in [5.74, 6) is -1.14. The molecule has 0 fully saturated rings. The molecule has 0 heterocycles. The Hall–Kier alpha value is -2.14. The molecule has 0 aliphatic heterocycles. The van der Waals surface area contributed by atoms with Gasteiger partial charge in [0.15, 0.2) is 0 Å². The van der Waals surface area contributed by atoms with Crippen LogP contribution in [-0.4, -0.2) is 11.8 Å². The van der Waals surface area contributed by atoms with Gasteiger partial charge in [0, 0.05) is 15.6 Å². The highest BCUT2D eigenvalue weighted by molar-refractivity contribution is 9.10. The largest absolute Gasteiger partial charge is 0.366 e. The van der Waals surface area contributed by atoms with E-state index >= 15 is 0 Å². The van der Waals surface area contributed by atoms with Crippen LogP contribution >= 0.6 is 15.9 Å². The highest BCUT2D eigenvalue weighted by Crippen LogP contribution is 2.20. The number of hydrogen-bond acceptors (Lipinski definition) is 2. The number of primary amides is 2. The molecule has 2 aromatic rings. The molecule has 0 bridgehead atoms. The van der Waals surface area contributed by atoms with E-state index in [0.29, 0.717) is 23.1 Å². The topological polar surface area (TPSA) is 86.2 Å². The monoisotopic (exact) mass is 332 g/mol. The Morgan fingerprint density at radius 1 is 0.900 bits per heavy atom. The minimum atomic E-state index is -0.569. The summed E-state index contributed by atoms with van der Waals surface area (Å²) in [5.41, 5.74) is 12.9. The molecule has 4 N–H and O–H groups in total. The highest BCUT2D eigenvalue weighted by Gasteiger charge is 2.16. The molecule has 0 atom stereocenters. The van der Waals surface area contributed by atoms with E-state index in [0.717, 1.165) is 10.0 Å². The fourth-order valence-electron chi connectivity index (χ4n) is 2.05. The highest BCUT2D eigenvalue weighted by atomic mass is 79.9. The SMILES string of the molecule is NC(=O)c1cccc(C(N)=O)c1Cc1ccc(Br)cc1. The Kier molecular flexibility index (Phi) is 4.20. The third-order valence-electron chi connectivity index (χ3n) is 3.00. The molecule has 4 nitrogen and oxygen atoms in total. The van der Waals surface area contributed by atoms with Crippen molar-refractivity contribution in [2.24, 2.45) is 11.5 Å².